The third kappa shape index (κ3) is 4.23. The zero-order chi connectivity index (χ0) is 14.7. The summed E-state index contributed by atoms with van der Waals surface area (Å²) in [5.74, 6) is 1.61. The zero-order valence-corrected chi connectivity index (χ0v) is 13.5. The number of nitrogens with zero attached hydrogens (tertiary/aromatic N) is 1. The molecule has 1 saturated heterocycles. The molecule has 2 heterocycles. The van der Waals surface area contributed by atoms with Gasteiger partial charge in [-0.1, -0.05) is 42.1 Å². The highest BCUT2D eigenvalue weighted by Gasteiger charge is 2.26. The maximum atomic E-state index is 11.4. The van der Waals surface area contributed by atoms with E-state index in [4.69, 9.17) is 4.99 Å². The number of amidine groups is 1. The van der Waals surface area contributed by atoms with Gasteiger partial charge in [-0.25, -0.2) is 8.42 Å². The topological polar surface area (TPSA) is 58.5 Å². The van der Waals surface area contributed by atoms with Gasteiger partial charge in [-0.15, -0.1) is 0 Å². The number of sulfone groups is 1. The molecule has 2 aliphatic heterocycles. The van der Waals surface area contributed by atoms with Crippen molar-refractivity contribution in [3.05, 3.63) is 35.9 Å². The molecular weight excluding hydrogens is 304 g/mol. The first-order chi connectivity index (χ1) is 10.1. The lowest BCUT2D eigenvalue weighted by Crippen LogP contribution is -2.39. The van der Waals surface area contributed by atoms with E-state index < -0.39 is 9.84 Å². The SMILES string of the molecule is O=S1(=O)CCC(NC2=NC(Cc3ccccc3)CS2)CC1. The van der Waals surface area contributed by atoms with Gasteiger partial charge in [0.2, 0.25) is 0 Å². The Morgan fingerprint density at radius 2 is 1.90 bits per heavy atom. The monoisotopic (exact) mass is 324 g/mol. The number of nitrogens with one attached hydrogen (secondary N) is 1. The van der Waals surface area contributed by atoms with Crippen molar-refractivity contribution >= 4 is 26.8 Å². The summed E-state index contributed by atoms with van der Waals surface area (Å²) in [6.45, 7) is 0. The van der Waals surface area contributed by atoms with E-state index in [0.717, 1.165) is 17.3 Å². The molecule has 1 aromatic rings. The van der Waals surface area contributed by atoms with E-state index >= 15 is 0 Å². The second kappa shape index (κ2) is 6.40. The molecule has 3 rings (SSSR count). The summed E-state index contributed by atoms with van der Waals surface area (Å²) >= 11 is 1.75. The van der Waals surface area contributed by atoms with Crippen LogP contribution < -0.4 is 5.32 Å². The second-order valence-electron chi connectivity index (χ2n) is 5.66. The lowest BCUT2D eigenvalue weighted by atomic mass is 10.1. The summed E-state index contributed by atoms with van der Waals surface area (Å²) in [6, 6.07) is 11.0. The molecule has 0 bridgehead atoms. The van der Waals surface area contributed by atoms with Crippen molar-refractivity contribution in [1.82, 2.24) is 5.32 Å². The van der Waals surface area contributed by atoms with E-state index in [9.17, 15) is 8.42 Å². The molecule has 0 aliphatic carbocycles. The third-order valence-corrected chi connectivity index (χ3v) is 6.67. The van der Waals surface area contributed by atoms with Crippen LogP contribution in [0.25, 0.3) is 0 Å². The third-order valence-electron chi connectivity index (χ3n) is 3.91. The molecule has 1 aromatic carbocycles. The van der Waals surface area contributed by atoms with Crippen LogP contribution in [0.3, 0.4) is 0 Å². The van der Waals surface area contributed by atoms with Gasteiger partial charge in [-0.05, 0) is 24.8 Å². The molecule has 2 aliphatic rings. The first-order valence-corrected chi connectivity index (χ1v) is 10.1. The highest BCUT2D eigenvalue weighted by atomic mass is 32.2. The smallest absolute Gasteiger partial charge is 0.157 e. The summed E-state index contributed by atoms with van der Waals surface area (Å²) < 4.78 is 22.9. The largest absolute Gasteiger partial charge is 0.362 e. The lowest BCUT2D eigenvalue weighted by molar-refractivity contribution is 0.522. The molecule has 1 fully saturated rings. The molecular formula is C15H20N2O2S2. The maximum Gasteiger partial charge on any atom is 0.157 e. The number of hydrogen-bond acceptors (Lipinski definition) is 5. The van der Waals surface area contributed by atoms with Gasteiger partial charge in [-0.3, -0.25) is 4.99 Å². The van der Waals surface area contributed by atoms with E-state index in [-0.39, 0.29) is 6.04 Å². The summed E-state index contributed by atoms with van der Waals surface area (Å²) in [4.78, 5) is 4.73. The van der Waals surface area contributed by atoms with Gasteiger partial charge in [0.25, 0.3) is 0 Å². The fraction of sp³-hybridized carbons (Fsp3) is 0.533. The first-order valence-electron chi connectivity index (χ1n) is 7.32. The van der Waals surface area contributed by atoms with Crippen LogP contribution in [0.15, 0.2) is 35.3 Å². The van der Waals surface area contributed by atoms with Crippen LogP contribution in [0, 0.1) is 0 Å². The van der Waals surface area contributed by atoms with E-state index in [2.05, 4.69) is 29.6 Å². The number of aliphatic imine (C=N–C) groups is 1. The Hall–Kier alpha value is -1.01. The van der Waals surface area contributed by atoms with E-state index in [1.54, 1.807) is 11.8 Å². The average Bonchev–Trinajstić information content (AvgIpc) is 2.90. The van der Waals surface area contributed by atoms with Gasteiger partial charge < -0.3 is 5.32 Å². The Labute approximate surface area is 130 Å². The van der Waals surface area contributed by atoms with E-state index in [1.165, 1.54) is 5.56 Å². The Morgan fingerprint density at radius 1 is 1.19 bits per heavy atom. The Kier molecular flexibility index (Phi) is 4.54. The average molecular weight is 324 g/mol. The van der Waals surface area contributed by atoms with Crippen LogP contribution in [-0.2, 0) is 16.3 Å². The molecule has 6 heteroatoms. The molecule has 0 spiro atoms. The van der Waals surface area contributed by atoms with Crippen LogP contribution in [0.1, 0.15) is 18.4 Å². The summed E-state index contributed by atoms with van der Waals surface area (Å²) in [5.41, 5.74) is 1.32. The molecule has 21 heavy (non-hydrogen) atoms. The number of rotatable bonds is 3. The van der Waals surface area contributed by atoms with Gasteiger partial charge in [0, 0.05) is 11.8 Å². The first kappa shape index (κ1) is 14.9. The fourth-order valence-corrected chi connectivity index (χ4v) is 5.20. The van der Waals surface area contributed by atoms with Crippen molar-refractivity contribution in [3.8, 4) is 0 Å². The van der Waals surface area contributed by atoms with Gasteiger partial charge in [0.05, 0.1) is 17.5 Å². The van der Waals surface area contributed by atoms with Crippen molar-refractivity contribution in [2.75, 3.05) is 17.3 Å². The standard InChI is InChI=1S/C15H20N2O2S2/c18-21(19)8-6-13(7-9-21)16-15-17-14(11-20-15)10-12-4-2-1-3-5-12/h1-5,13-14H,6-11H2,(H,16,17). The van der Waals surface area contributed by atoms with Crippen LogP contribution >= 0.6 is 11.8 Å². The summed E-state index contributed by atoms with van der Waals surface area (Å²) in [6.07, 6.45) is 2.37. The maximum absolute atomic E-state index is 11.4. The Balaban J connectivity index is 1.52. The quantitative estimate of drug-likeness (QED) is 0.922. The zero-order valence-electron chi connectivity index (χ0n) is 11.9. The molecule has 1 unspecified atom stereocenters. The van der Waals surface area contributed by atoms with Crippen LogP contribution in [0.4, 0.5) is 0 Å². The molecule has 1 N–H and O–H groups in total. The van der Waals surface area contributed by atoms with Crippen molar-refractivity contribution in [2.24, 2.45) is 4.99 Å². The van der Waals surface area contributed by atoms with Gasteiger partial charge in [-0.2, -0.15) is 0 Å². The molecule has 0 saturated carbocycles. The molecule has 114 valence electrons. The molecule has 0 amide bonds. The van der Waals surface area contributed by atoms with Crippen molar-refractivity contribution in [1.29, 1.82) is 0 Å². The summed E-state index contributed by atoms with van der Waals surface area (Å²) in [7, 11) is -2.79. The predicted octanol–water partition coefficient (Wildman–Crippen LogP) is 1.87. The van der Waals surface area contributed by atoms with Gasteiger partial charge >= 0.3 is 0 Å². The van der Waals surface area contributed by atoms with Gasteiger partial charge in [0.1, 0.15) is 9.84 Å². The minimum atomic E-state index is -2.79. The number of hydrogen-bond donors (Lipinski definition) is 1. The van der Waals surface area contributed by atoms with E-state index in [0.29, 0.717) is 30.4 Å². The van der Waals surface area contributed by atoms with Crippen molar-refractivity contribution in [3.63, 3.8) is 0 Å². The lowest BCUT2D eigenvalue weighted by Gasteiger charge is -2.23. The fourth-order valence-electron chi connectivity index (χ4n) is 2.69. The molecule has 1 atom stereocenters. The Bertz CT molecular complexity index is 600. The minimum Gasteiger partial charge on any atom is -0.362 e. The normalized spacial score (nSPS) is 25.5. The van der Waals surface area contributed by atoms with Crippen LogP contribution in [0.2, 0.25) is 0 Å². The second-order valence-corrected chi connectivity index (χ2v) is 8.97. The molecule has 0 aromatic heterocycles. The van der Waals surface area contributed by atoms with Gasteiger partial charge in [0.15, 0.2) is 5.17 Å². The minimum absolute atomic E-state index is 0.259. The Morgan fingerprint density at radius 3 is 2.62 bits per heavy atom. The predicted molar refractivity (Wildman–Crippen MR) is 88.6 cm³/mol. The molecule has 0 radical (unpaired) electrons. The number of thioether (sulfide) groups is 1. The van der Waals surface area contributed by atoms with Crippen LogP contribution in [-0.4, -0.2) is 42.9 Å². The molecule has 4 nitrogen and oxygen atoms in total. The van der Waals surface area contributed by atoms with E-state index in [1.807, 2.05) is 6.07 Å². The van der Waals surface area contributed by atoms with Crippen molar-refractivity contribution < 1.29 is 8.42 Å². The summed E-state index contributed by atoms with van der Waals surface area (Å²) in [5, 5.41) is 4.41. The highest BCUT2D eigenvalue weighted by Crippen LogP contribution is 2.22. The van der Waals surface area contributed by atoms with Crippen molar-refractivity contribution in [2.45, 2.75) is 31.3 Å². The number of benzene rings is 1. The highest BCUT2D eigenvalue weighted by molar-refractivity contribution is 8.14. The van der Waals surface area contributed by atoms with Crippen LogP contribution in [0.5, 0.6) is 0 Å².